The molecular weight excluding hydrogens is 236 g/mol. The predicted molar refractivity (Wildman–Crippen MR) is 68.3 cm³/mol. The Balaban J connectivity index is 2.79. The van der Waals surface area contributed by atoms with E-state index >= 15 is 0 Å². The molecule has 0 unspecified atom stereocenters. The highest BCUT2D eigenvalue weighted by Gasteiger charge is 2.15. The van der Waals surface area contributed by atoms with E-state index in [0.29, 0.717) is 6.42 Å². The monoisotopic (exact) mass is 254 g/mol. The summed E-state index contributed by atoms with van der Waals surface area (Å²) in [6.07, 6.45) is 2.12. The van der Waals surface area contributed by atoms with Crippen LogP contribution >= 0.6 is 0 Å². The van der Waals surface area contributed by atoms with Crippen LogP contribution in [0.2, 0.25) is 0 Å². The number of benzene rings is 1. The minimum Gasteiger partial charge on any atom is -0.396 e. The Morgan fingerprint density at radius 2 is 1.82 bits per heavy atom. The summed E-state index contributed by atoms with van der Waals surface area (Å²) in [6, 6.07) is 8.29. The fourth-order valence-electron chi connectivity index (χ4n) is 1.25. The molecule has 0 aliphatic rings. The number of aliphatic hydroxyl groups is 1. The third kappa shape index (κ3) is 4.32. The quantitative estimate of drug-likeness (QED) is 0.877. The van der Waals surface area contributed by atoms with E-state index in [1.54, 1.807) is 36.4 Å². The Labute approximate surface area is 103 Å². The van der Waals surface area contributed by atoms with Crippen molar-refractivity contribution in [1.29, 1.82) is 0 Å². The van der Waals surface area contributed by atoms with Crippen LogP contribution < -0.4 is 0 Å². The van der Waals surface area contributed by atoms with Crippen LogP contribution in [0.3, 0.4) is 0 Å². The Hall–Kier alpha value is -1.13. The molecule has 94 valence electrons. The van der Waals surface area contributed by atoms with Crippen molar-refractivity contribution in [1.82, 2.24) is 0 Å². The summed E-state index contributed by atoms with van der Waals surface area (Å²) in [4.78, 5) is 0.290. The van der Waals surface area contributed by atoms with Gasteiger partial charge in [0.15, 0.2) is 9.84 Å². The van der Waals surface area contributed by atoms with E-state index in [-0.39, 0.29) is 16.9 Å². The van der Waals surface area contributed by atoms with E-state index in [1.165, 1.54) is 5.41 Å². The van der Waals surface area contributed by atoms with E-state index in [1.807, 2.05) is 13.8 Å². The molecule has 0 saturated heterocycles. The summed E-state index contributed by atoms with van der Waals surface area (Å²) in [5, 5.41) is 10.3. The van der Waals surface area contributed by atoms with Crippen molar-refractivity contribution in [2.24, 2.45) is 5.41 Å². The van der Waals surface area contributed by atoms with Crippen molar-refractivity contribution in [2.45, 2.75) is 25.2 Å². The molecule has 17 heavy (non-hydrogen) atoms. The van der Waals surface area contributed by atoms with E-state index in [2.05, 4.69) is 0 Å². The molecule has 1 aromatic rings. The van der Waals surface area contributed by atoms with Crippen molar-refractivity contribution in [2.75, 3.05) is 6.61 Å². The smallest absolute Gasteiger partial charge is 0.199 e. The standard InChI is InChI=1S/C13H18O3S/c1-13(2,11-14)9-6-10-17(15,16)12-7-4-3-5-8-12/h3-8,10,14H,9,11H2,1-2H3/b10-6+. The molecule has 0 heterocycles. The zero-order valence-electron chi connectivity index (χ0n) is 10.1. The van der Waals surface area contributed by atoms with Gasteiger partial charge in [0.2, 0.25) is 0 Å². The molecule has 0 amide bonds. The Morgan fingerprint density at radius 3 is 2.35 bits per heavy atom. The van der Waals surface area contributed by atoms with Crippen molar-refractivity contribution >= 4 is 9.84 Å². The summed E-state index contributed by atoms with van der Waals surface area (Å²) < 4.78 is 23.7. The summed E-state index contributed by atoms with van der Waals surface area (Å²) in [5.74, 6) is 0. The number of hydrogen-bond donors (Lipinski definition) is 1. The molecule has 0 radical (unpaired) electrons. The van der Waals surface area contributed by atoms with Gasteiger partial charge < -0.3 is 5.11 Å². The topological polar surface area (TPSA) is 54.4 Å². The minimum absolute atomic E-state index is 0.0305. The van der Waals surface area contributed by atoms with Gasteiger partial charge in [0.05, 0.1) is 4.90 Å². The van der Waals surface area contributed by atoms with E-state index < -0.39 is 9.84 Å². The molecular formula is C13H18O3S. The van der Waals surface area contributed by atoms with E-state index in [9.17, 15) is 8.42 Å². The van der Waals surface area contributed by atoms with Gasteiger partial charge >= 0.3 is 0 Å². The van der Waals surface area contributed by atoms with E-state index in [0.717, 1.165) is 0 Å². The highest BCUT2D eigenvalue weighted by molar-refractivity contribution is 7.94. The molecule has 1 rings (SSSR count). The molecule has 0 bridgehead atoms. The molecule has 4 heteroatoms. The van der Waals surface area contributed by atoms with Crippen molar-refractivity contribution < 1.29 is 13.5 Å². The minimum atomic E-state index is -3.35. The third-order valence-corrected chi connectivity index (χ3v) is 3.93. The summed E-state index contributed by atoms with van der Waals surface area (Å²) in [5.41, 5.74) is -0.289. The van der Waals surface area contributed by atoms with Gasteiger partial charge in [-0.15, -0.1) is 0 Å². The molecule has 0 spiro atoms. The maximum absolute atomic E-state index is 11.9. The molecule has 0 atom stereocenters. The van der Waals surface area contributed by atoms with E-state index in [4.69, 9.17) is 5.11 Å². The van der Waals surface area contributed by atoms with Gasteiger partial charge in [0.25, 0.3) is 0 Å². The first-order chi connectivity index (χ1) is 7.87. The maximum Gasteiger partial charge on any atom is 0.199 e. The van der Waals surface area contributed by atoms with Crippen LogP contribution in [0.15, 0.2) is 46.7 Å². The second-order valence-corrected chi connectivity index (χ2v) is 6.59. The van der Waals surface area contributed by atoms with Gasteiger partial charge in [0, 0.05) is 12.0 Å². The summed E-state index contributed by atoms with van der Waals surface area (Å²) in [7, 11) is -3.35. The molecule has 0 fully saturated rings. The molecule has 1 N–H and O–H groups in total. The Morgan fingerprint density at radius 1 is 1.24 bits per heavy atom. The van der Waals surface area contributed by atoms with Crippen LogP contribution in [0.25, 0.3) is 0 Å². The van der Waals surface area contributed by atoms with Gasteiger partial charge in [-0.1, -0.05) is 38.1 Å². The predicted octanol–water partition coefficient (Wildman–Crippen LogP) is 2.38. The van der Waals surface area contributed by atoms with Crippen molar-refractivity contribution in [3.05, 3.63) is 41.8 Å². The van der Waals surface area contributed by atoms with Crippen molar-refractivity contribution in [3.63, 3.8) is 0 Å². The normalized spacial score (nSPS) is 13.1. The molecule has 0 aliphatic carbocycles. The van der Waals surface area contributed by atoms with Crippen LogP contribution in [-0.4, -0.2) is 20.1 Å². The lowest BCUT2D eigenvalue weighted by Gasteiger charge is -2.18. The van der Waals surface area contributed by atoms with Gasteiger partial charge in [-0.2, -0.15) is 0 Å². The number of sulfone groups is 1. The zero-order valence-corrected chi connectivity index (χ0v) is 10.9. The SMILES string of the molecule is CC(C)(CO)C/C=C/S(=O)(=O)c1ccccc1. The first-order valence-electron chi connectivity index (χ1n) is 5.45. The largest absolute Gasteiger partial charge is 0.396 e. The highest BCUT2D eigenvalue weighted by atomic mass is 32.2. The van der Waals surface area contributed by atoms with Crippen LogP contribution in [0.4, 0.5) is 0 Å². The molecule has 0 aromatic heterocycles. The number of aliphatic hydroxyl groups excluding tert-OH is 1. The lowest BCUT2D eigenvalue weighted by atomic mass is 9.91. The second-order valence-electron chi connectivity index (χ2n) is 4.76. The lowest BCUT2D eigenvalue weighted by Crippen LogP contribution is -2.15. The van der Waals surface area contributed by atoms with Gasteiger partial charge in [-0.3, -0.25) is 0 Å². The number of rotatable bonds is 5. The van der Waals surface area contributed by atoms with Gasteiger partial charge in [-0.25, -0.2) is 8.42 Å². The number of hydrogen-bond acceptors (Lipinski definition) is 3. The summed E-state index contributed by atoms with van der Waals surface area (Å²) >= 11 is 0. The third-order valence-electron chi connectivity index (χ3n) is 2.45. The zero-order chi connectivity index (χ0) is 12.9. The van der Waals surface area contributed by atoms with Gasteiger partial charge in [-0.05, 0) is 24.0 Å². The summed E-state index contributed by atoms with van der Waals surface area (Å²) in [6.45, 7) is 3.79. The highest BCUT2D eigenvalue weighted by Crippen LogP contribution is 2.20. The second kappa shape index (κ2) is 5.47. The molecule has 0 aliphatic heterocycles. The average molecular weight is 254 g/mol. The molecule has 1 aromatic carbocycles. The lowest BCUT2D eigenvalue weighted by molar-refractivity contribution is 0.162. The van der Waals surface area contributed by atoms with Crippen molar-refractivity contribution in [3.8, 4) is 0 Å². The number of allylic oxidation sites excluding steroid dienone is 1. The maximum atomic E-state index is 11.9. The molecule has 3 nitrogen and oxygen atoms in total. The Bertz CT molecular complexity index is 473. The van der Waals surface area contributed by atoms with Crippen LogP contribution in [-0.2, 0) is 9.84 Å². The van der Waals surface area contributed by atoms with Gasteiger partial charge in [0.1, 0.15) is 0 Å². The molecule has 0 saturated carbocycles. The van der Waals surface area contributed by atoms with Crippen LogP contribution in [0.5, 0.6) is 0 Å². The fraction of sp³-hybridized carbons (Fsp3) is 0.385. The van der Waals surface area contributed by atoms with Crippen LogP contribution in [0, 0.1) is 5.41 Å². The fourth-order valence-corrected chi connectivity index (χ4v) is 2.29. The van der Waals surface area contributed by atoms with Crippen LogP contribution in [0.1, 0.15) is 20.3 Å². The average Bonchev–Trinajstić information content (AvgIpc) is 2.30. The Kier molecular flexibility index (Phi) is 4.48. The first-order valence-corrected chi connectivity index (χ1v) is 7.00. The first kappa shape index (κ1) is 13.9.